The van der Waals surface area contributed by atoms with Gasteiger partial charge in [-0.15, -0.1) is 6.42 Å². The standard InChI is InChI=1S/C5H5.C2H5.Hf.H/c1-2-4-5-3-1;1-2;;/h1-3H,4H2;1H2,2H3;;/q2*-1;;-1. The van der Waals surface area contributed by atoms with E-state index in [4.69, 9.17) is 0 Å². The van der Waals surface area contributed by atoms with Crippen molar-refractivity contribution in [1.29, 1.82) is 0 Å². The van der Waals surface area contributed by atoms with Gasteiger partial charge in [-0.2, -0.15) is 13.0 Å². The SMILES string of the molecule is [C-]1=CC=CC1.[CH2-]C.[H-].[Hf]. The van der Waals surface area contributed by atoms with Gasteiger partial charge in [0, 0.05) is 25.8 Å². The Bertz CT molecular complexity index is 67.0. The van der Waals surface area contributed by atoms with Crippen LogP contribution >= 0.6 is 0 Å². The van der Waals surface area contributed by atoms with E-state index in [-0.39, 0.29) is 27.3 Å². The van der Waals surface area contributed by atoms with Crippen molar-refractivity contribution in [2.75, 3.05) is 0 Å². The largest absolute Gasteiger partial charge is 1.00 e. The predicted molar refractivity (Wildman–Crippen MR) is 33.7 cm³/mol. The maximum absolute atomic E-state index is 3.25. The normalized spacial score (nSPS) is 11.8. The topological polar surface area (TPSA) is 0 Å². The minimum absolute atomic E-state index is 0. The van der Waals surface area contributed by atoms with Crippen LogP contribution < -0.4 is 0 Å². The molecule has 0 atom stereocenters. The summed E-state index contributed by atoms with van der Waals surface area (Å²) in [7, 11) is 0. The molecule has 1 aliphatic rings. The van der Waals surface area contributed by atoms with Crippen molar-refractivity contribution in [2.45, 2.75) is 13.3 Å². The van der Waals surface area contributed by atoms with E-state index in [2.05, 4.69) is 19.1 Å². The first-order valence-corrected chi connectivity index (χ1v) is 2.42. The minimum atomic E-state index is 0. The molecule has 46 valence electrons. The quantitative estimate of drug-likeness (QED) is 0.469. The van der Waals surface area contributed by atoms with Crippen LogP contribution in [0.3, 0.4) is 0 Å². The average molecular weight is 274 g/mol. The molecule has 0 fully saturated rings. The van der Waals surface area contributed by atoms with Crippen LogP contribution in [-0.4, -0.2) is 0 Å². The van der Waals surface area contributed by atoms with Crippen LogP contribution in [0.25, 0.3) is 0 Å². The van der Waals surface area contributed by atoms with Gasteiger partial charge < -0.3 is 8.35 Å². The Labute approximate surface area is 71.9 Å². The molecule has 1 aliphatic carbocycles. The summed E-state index contributed by atoms with van der Waals surface area (Å²) >= 11 is 0. The predicted octanol–water partition coefficient (Wildman–Crippen LogP) is 2.26. The zero-order valence-electron chi connectivity index (χ0n) is 6.15. The molecule has 1 heteroatoms. The summed E-state index contributed by atoms with van der Waals surface area (Å²) in [6.07, 6.45) is 10.0. The third kappa shape index (κ3) is 6.35. The Balaban J connectivity index is -0.0000000836. The fraction of sp³-hybridized carbons (Fsp3) is 0.286. The summed E-state index contributed by atoms with van der Waals surface area (Å²) in [6, 6.07) is 0. The molecule has 0 spiro atoms. The van der Waals surface area contributed by atoms with Crippen LogP contribution in [0.4, 0.5) is 0 Å². The van der Waals surface area contributed by atoms with E-state index in [9.17, 15) is 0 Å². The van der Waals surface area contributed by atoms with E-state index in [1.807, 2.05) is 12.2 Å². The van der Waals surface area contributed by atoms with Gasteiger partial charge in [-0.05, 0) is 0 Å². The van der Waals surface area contributed by atoms with Gasteiger partial charge in [0.1, 0.15) is 0 Å². The molecule has 8 heavy (non-hydrogen) atoms. The third-order valence-corrected chi connectivity index (χ3v) is 0.586. The molecular weight excluding hydrogens is 263 g/mol. The van der Waals surface area contributed by atoms with Crippen molar-refractivity contribution < 1.29 is 27.3 Å². The molecule has 0 unspecified atom stereocenters. The first-order valence-electron chi connectivity index (χ1n) is 2.42. The zero-order chi connectivity index (χ0) is 5.54. The molecule has 0 amide bonds. The molecule has 0 N–H and O–H groups in total. The fourth-order valence-corrected chi connectivity index (χ4v) is 0.340. The molecule has 0 saturated heterocycles. The third-order valence-electron chi connectivity index (χ3n) is 0.586. The van der Waals surface area contributed by atoms with E-state index >= 15 is 0 Å². The van der Waals surface area contributed by atoms with Crippen molar-refractivity contribution in [2.24, 2.45) is 0 Å². The molecule has 0 aromatic heterocycles. The number of hydrogen-bond acceptors (Lipinski definition) is 0. The van der Waals surface area contributed by atoms with Crippen molar-refractivity contribution in [3.63, 3.8) is 0 Å². The Kier molecular flexibility index (Phi) is 14.5. The van der Waals surface area contributed by atoms with Gasteiger partial charge in [0.05, 0.1) is 0 Å². The molecule has 1 rings (SSSR count). The number of hydrogen-bond donors (Lipinski definition) is 0. The molecule has 0 heterocycles. The molecule has 0 saturated carbocycles. The van der Waals surface area contributed by atoms with Crippen LogP contribution in [0, 0.1) is 13.0 Å². The van der Waals surface area contributed by atoms with E-state index in [1.165, 1.54) is 0 Å². The van der Waals surface area contributed by atoms with Crippen LogP contribution in [0.2, 0.25) is 0 Å². The Morgan fingerprint density at radius 2 is 2.25 bits per heavy atom. The summed E-state index contributed by atoms with van der Waals surface area (Å²) in [5.41, 5.74) is 0. The first-order chi connectivity index (χ1) is 3.50. The molecule has 0 aromatic rings. The summed E-state index contributed by atoms with van der Waals surface area (Å²) in [5, 5.41) is 0. The zero-order valence-corrected chi connectivity index (χ0v) is 8.74. The van der Waals surface area contributed by atoms with Gasteiger partial charge >= 0.3 is 0 Å². The summed E-state index contributed by atoms with van der Waals surface area (Å²) in [5.74, 6) is 0. The van der Waals surface area contributed by atoms with E-state index in [0.29, 0.717) is 0 Å². The van der Waals surface area contributed by atoms with E-state index in [1.54, 1.807) is 6.92 Å². The molecule has 0 radical (unpaired) electrons. The van der Waals surface area contributed by atoms with Gasteiger partial charge in [-0.3, -0.25) is 6.08 Å². The summed E-state index contributed by atoms with van der Waals surface area (Å²) in [4.78, 5) is 0. The average Bonchev–Trinajstić information content (AvgIpc) is 2.23. The van der Waals surface area contributed by atoms with Crippen LogP contribution in [0.15, 0.2) is 18.2 Å². The fourth-order valence-electron chi connectivity index (χ4n) is 0.340. The van der Waals surface area contributed by atoms with Crippen molar-refractivity contribution >= 4 is 0 Å². The van der Waals surface area contributed by atoms with Crippen LogP contribution in [0.1, 0.15) is 14.8 Å². The van der Waals surface area contributed by atoms with Gasteiger partial charge in [0.25, 0.3) is 0 Å². The van der Waals surface area contributed by atoms with Crippen molar-refractivity contribution in [3.8, 4) is 0 Å². The van der Waals surface area contributed by atoms with Gasteiger partial charge in [0.2, 0.25) is 0 Å². The van der Waals surface area contributed by atoms with E-state index < -0.39 is 0 Å². The smallest absolute Gasteiger partial charge is 0 e. The molecule has 0 bridgehead atoms. The summed E-state index contributed by atoms with van der Waals surface area (Å²) in [6.45, 7) is 5.00. The number of allylic oxidation sites excluding steroid dienone is 4. The summed E-state index contributed by atoms with van der Waals surface area (Å²) < 4.78 is 0. The van der Waals surface area contributed by atoms with Crippen LogP contribution in [0.5, 0.6) is 0 Å². The Morgan fingerprint density at radius 1 is 1.62 bits per heavy atom. The second kappa shape index (κ2) is 10.4. The molecule has 0 aromatic carbocycles. The maximum Gasteiger partial charge on any atom is 0 e. The van der Waals surface area contributed by atoms with Crippen molar-refractivity contribution in [1.82, 2.24) is 0 Å². The Hall–Kier alpha value is 0.350. The number of rotatable bonds is 0. The Morgan fingerprint density at radius 3 is 2.38 bits per heavy atom. The monoisotopic (exact) mass is 275 g/mol. The maximum atomic E-state index is 3.25. The second-order valence-corrected chi connectivity index (χ2v) is 1.00. The minimum Gasteiger partial charge on any atom is -1.00 e. The van der Waals surface area contributed by atoms with E-state index in [0.717, 1.165) is 6.42 Å². The molecule has 0 aliphatic heterocycles. The molecular formula is C7H11Hf-3. The van der Waals surface area contributed by atoms with Crippen LogP contribution in [-0.2, 0) is 25.8 Å². The van der Waals surface area contributed by atoms with Gasteiger partial charge in [-0.1, -0.05) is 0 Å². The van der Waals surface area contributed by atoms with Crippen molar-refractivity contribution in [3.05, 3.63) is 31.2 Å². The van der Waals surface area contributed by atoms with Gasteiger partial charge in [0.15, 0.2) is 0 Å². The first kappa shape index (κ1) is 11.2. The van der Waals surface area contributed by atoms with Gasteiger partial charge in [-0.25, -0.2) is 12.2 Å². The second-order valence-electron chi connectivity index (χ2n) is 1.00. The molecule has 0 nitrogen and oxygen atoms in total.